The Morgan fingerprint density at radius 1 is 1.29 bits per heavy atom. The maximum atomic E-state index is 5.90. The fourth-order valence-corrected chi connectivity index (χ4v) is 3.08. The van der Waals surface area contributed by atoms with E-state index in [0.29, 0.717) is 13.1 Å². The lowest BCUT2D eigenvalue weighted by Gasteiger charge is -2.11. The van der Waals surface area contributed by atoms with Crippen LogP contribution in [0.3, 0.4) is 0 Å². The monoisotopic (exact) mass is 351 g/mol. The molecule has 0 bridgehead atoms. The Hall–Kier alpha value is -1.33. The summed E-state index contributed by atoms with van der Waals surface area (Å²) in [6.45, 7) is 5.50. The second-order valence-corrected chi connectivity index (χ2v) is 5.81. The lowest BCUT2D eigenvalue weighted by Crippen LogP contribution is -2.09. The number of nitrogens with zero attached hydrogens (tertiary/aromatic N) is 2. The molecule has 4 nitrogen and oxygen atoms in total. The van der Waals surface area contributed by atoms with E-state index in [-0.39, 0.29) is 0 Å². The number of nitrogens with two attached hydrogens (primary N) is 1. The molecule has 0 saturated heterocycles. The normalized spacial score (nSPS) is 10.9. The first-order valence-corrected chi connectivity index (χ1v) is 8.03. The molecule has 0 aliphatic rings. The van der Waals surface area contributed by atoms with Crippen LogP contribution in [0.4, 0.5) is 0 Å². The molecular weight excluding hydrogens is 330 g/mol. The molecule has 0 aliphatic heterocycles. The number of aromatic nitrogens is 2. The minimum absolute atomic E-state index is 0.544. The number of hydrogen-bond donors (Lipinski definition) is 1. The van der Waals surface area contributed by atoms with Crippen LogP contribution in [0.1, 0.15) is 36.4 Å². The molecule has 21 heavy (non-hydrogen) atoms. The molecule has 0 atom stereocenters. The molecule has 0 fully saturated rings. The summed E-state index contributed by atoms with van der Waals surface area (Å²) in [6, 6.07) is 6.03. The summed E-state index contributed by atoms with van der Waals surface area (Å²) in [5, 5.41) is 4.74. The van der Waals surface area contributed by atoms with Crippen molar-refractivity contribution in [2.45, 2.75) is 39.8 Å². The number of ether oxygens (including phenoxy) is 1. The fraction of sp³-hybridized carbons (Fsp3) is 0.438. The van der Waals surface area contributed by atoms with Crippen LogP contribution in [0.5, 0.6) is 5.75 Å². The largest absolute Gasteiger partial charge is 0.496 e. The zero-order valence-electron chi connectivity index (χ0n) is 12.8. The van der Waals surface area contributed by atoms with E-state index in [4.69, 9.17) is 15.6 Å². The minimum atomic E-state index is 0.544. The Labute approximate surface area is 134 Å². The van der Waals surface area contributed by atoms with Crippen LogP contribution in [0.15, 0.2) is 22.7 Å². The van der Waals surface area contributed by atoms with E-state index >= 15 is 0 Å². The summed E-state index contributed by atoms with van der Waals surface area (Å²) in [4.78, 5) is 0. The standard InChI is InChI=1S/C16H22BrN3O/c1-4-14-13(9-18)15(5-2)20(19-14)10-11-8-12(17)6-7-16(11)21-3/h6-8H,4-5,9-10,18H2,1-3H3. The molecule has 114 valence electrons. The van der Waals surface area contributed by atoms with E-state index < -0.39 is 0 Å². The molecule has 5 heteroatoms. The zero-order valence-corrected chi connectivity index (χ0v) is 14.4. The van der Waals surface area contributed by atoms with Gasteiger partial charge in [-0.25, -0.2) is 0 Å². The summed E-state index contributed by atoms with van der Waals surface area (Å²) in [7, 11) is 1.69. The zero-order chi connectivity index (χ0) is 15.4. The molecule has 0 amide bonds. The predicted molar refractivity (Wildman–Crippen MR) is 88.7 cm³/mol. The smallest absolute Gasteiger partial charge is 0.124 e. The van der Waals surface area contributed by atoms with E-state index in [1.807, 2.05) is 12.1 Å². The van der Waals surface area contributed by atoms with Crippen LogP contribution in [-0.2, 0) is 25.9 Å². The average Bonchev–Trinajstić information content (AvgIpc) is 2.84. The van der Waals surface area contributed by atoms with Crippen LogP contribution < -0.4 is 10.5 Å². The van der Waals surface area contributed by atoms with Gasteiger partial charge in [-0.3, -0.25) is 4.68 Å². The number of hydrogen-bond acceptors (Lipinski definition) is 3. The average molecular weight is 352 g/mol. The van der Waals surface area contributed by atoms with Crippen LogP contribution in [0.25, 0.3) is 0 Å². The summed E-state index contributed by atoms with van der Waals surface area (Å²) in [5.41, 5.74) is 10.5. The predicted octanol–water partition coefficient (Wildman–Crippen LogP) is 3.29. The highest BCUT2D eigenvalue weighted by Gasteiger charge is 2.15. The Balaban J connectivity index is 2.44. The van der Waals surface area contributed by atoms with Gasteiger partial charge in [-0.1, -0.05) is 29.8 Å². The Morgan fingerprint density at radius 2 is 2.05 bits per heavy atom. The van der Waals surface area contributed by atoms with Gasteiger partial charge in [0.05, 0.1) is 19.3 Å². The van der Waals surface area contributed by atoms with Crippen LogP contribution in [0.2, 0.25) is 0 Å². The first-order valence-electron chi connectivity index (χ1n) is 7.24. The van der Waals surface area contributed by atoms with Crippen molar-refractivity contribution in [2.75, 3.05) is 7.11 Å². The van der Waals surface area contributed by atoms with Gasteiger partial charge in [0.25, 0.3) is 0 Å². The molecule has 0 unspecified atom stereocenters. The fourth-order valence-electron chi connectivity index (χ4n) is 2.67. The summed E-state index contributed by atoms with van der Waals surface area (Å²) >= 11 is 3.52. The molecule has 0 radical (unpaired) electrons. The third-order valence-corrected chi connectivity index (χ3v) is 4.18. The number of halogens is 1. The maximum Gasteiger partial charge on any atom is 0.124 e. The maximum absolute atomic E-state index is 5.90. The van der Waals surface area contributed by atoms with Crippen LogP contribution in [-0.4, -0.2) is 16.9 Å². The van der Waals surface area contributed by atoms with Gasteiger partial charge in [-0.15, -0.1) is 0 Å². The molecule has 2 rings (SSSR count). The summed E-state index contributed by atoms with van der Waals surface area (Å²) < 4.78 is 8.55. The van der Waals surface area contributed by atoms with Crippen molar-refractivity contribution in [3.8, 4) is 5.75 Å². The molecule has 1 aromatic heterocycles. The van der Waals surface area contributed by atoms with Gasteiger partial charge in [-0.2, -0.15) is 5.10 Å². The molecular formula is C16H22BrN3O. The van der Waals surface area contributed by atoms with E-state index in [9.17, 15) is 0 Å². The van der Waals surface area contributed by atoms with Gasteiger partial charge >= 0.3 is 0 Å². The third-order valence-electron chi connectivity index (χ3n) is 3.69. The van der Waals surface area contributed by atoms with Crippen molar-refractivity contribution in [1.29, 1.82) is 0 Å². The van der Waals surface area contributed by atoms with Gasteiger partial charge in [-0.05, 0) is 31.0 Å². The topological polar surface area (TPSA) is 53.1 Å². The highest BCUT2D eigenvalue weighted by Crippen LogP contribution is 2.25. The Morgan fingerprint density at radius 3 is 2.62 bits per heavy atom. The highest BCUT2D eigenvalue weighted by molar-refractivity contribution is 9.10. The summed E-state index contributed by atoms with van der Waals surface area (Å²) in [6.07, 6.45) is 1.83. The molecule has 1 aromatic carbocycles. The second kappa shape index (κ2) is 7.09. The van der Waals surface area contributed by atoms with Gasteiger partial charge in [0, 0.05) is 27.8 Å². The molecule has 0 saturated carbocycles. The number of benzene rings is 1. The van der Waals surface area contributed by atoms with Crippen molar-refractivity contribution < 1.29 is 4.74 Å². The van der Waals surface area contributed by atoms with Gasteiger partial charge < -0.3 is 10.5 Å². The molecule has 2 N–H and O–H groups in total. The van der Waals surface area contributed by atoms with Crippen molar-refractivity contribution >= 4 is 15.9 Å². The highest BCUT2D eigenvalue weighted by atomic mass is 79.9. The van der Waals surface area contributed by atoms with Gasteiger partial charge in [0.1, 0.15) is 5.75 Å². The number of rotatable bonds is 6. The summed E-state index contributed by atoms with van der Waals surface area (Å²) in [5.74, 6) is 0.878. The second-order valence-electron chi connectivity index (χ2n) is 4.90. The molecule has 0 aliphatic carbocycles. The first-order chi connectivity index (χ1) is 10.1. The molecule has 1 heterocycles. The van der Waals surface area contributed by atoms with Gasteiger partial charge in [0.2, 0.25) is 0 Å². The lowest BCUT2D eigenvalue weighted by molar-refractivity contribution is 0.407. The molecule has 2 aromatic rings. The van der Waals surface area contributed by atoms with Crippen LogP contribution in [0, 0.1) is 0 Å². The quantitative estimate of drug-likeness (QED) is 0.868. The Kier molecular flexibility index (Phi) is 5.42. The van der Waals surface area contributed by atoms with Crippen molar-refractivity contribution in [3.05, 3.63) is 45.2 Å². The van der Waals surface area contributed by atoms with Crippen molar-refractivity contribution in [2.24, 2.45) is 5.73 Å². The molecule has 0 spiro atoms. The third kappa shape index (κ3) is 3.30. The first kappa shape index (κ1) is 16.0. The SMILES string of the molecule is CCc1nn(Cc2cc(Br)ccc2OC)c(CC)c1CN. The van der Waals surface area contributed by atoms with Crippen molar-refractivity contribution in [3.63, 3.8) is 0 Å². The van der Waals surface area contributed by atoms with Gasteiger partial charge in [0.15, 0.2) is 0 Å². The Bertz CT molecular complexity index is 622. The number of methoxy groups -OCH3 is 1. The van der Waals surface area contributed by atoms with E-state index in [1.54, 1.807) is 7.11 Å². The van der Waals surface area contributed by atoms with E-state index in [0.717, 1.165) is 34.3 Å². The lowest BCUT2D eigenvalue weighted by atomic mass is 10.1. The number of aryl methyl sites for hydroxylation is 1. The van der Waals surface area contributed by atoms with E-state index in [2.05, 4.69) is 40.5 Å². The van der Waals surface area contributed by atoms with E-state index in [1.165, 1.54) is 11.3 Å². The minimum Gasteiger partial charge on any atom is -0.496 e. The van der Waals surface area contributed by atoms with Crippen molar-refractivity contribution in [1.82, 2.24) is 9.78 Å². The van der Waals surface area contributed by atoms with Crippen LogP contribution >= 0.6 is 15.9 Å².